The molecule has 154 valence electrons. The van der Waals surface area contributed by atoms with Crippen LogP contribution in [0.2, 0.25) is 0 Å². The minimum Gasteiger partial charge on any atom is -0.376 e. The van der Waals surface area contributed by atoms with Gasteiger partial charge in [0.2, 0.25) is 0 Å². The Morgan fingerprint density at radius 3 is 2.66 bits per heavy atom. The first-order valence-electron chi connectivity index (χ1n) is 10.4. The molecule has 1 aromatic heterocycles. The Balaban J connectivity index is 1.60. The standard InChI is InChI=1S/C22H29N5O2/c1-16-5-7-17(8-6-16)20-23-15-19(22(28)24-14-18-4-3-13-29-18)21(25-20)27-11-9-26(2)10-12-27/h5-8,15,18H,3-4,9-14H2,1-2H3,(H,24,28)/t18-/m1/s1. The Morgan fingerprint density at radius 1 is 1.21 bits per heavy atom. The van der Waals surface area contributed by atoms with Crippen LogP contribution in [-0.2, 0) is 4.74 Å². The van der Waals surface area contributed by atoms with Gasteiger partial charge >= 0.3 is 0 Å². The number of carbonyl (C=O) groups excluding carboxylic acids is 1. The number of ether oxygens (including phenoxy) is 1. The second kappa shape index (κ2) is 8.88. The lowest BCUT2D eigenvalue weighted by Gasteiger charge is -2.34. The third-order valence-electron chi connectivity index (χ3n) is 5.64. The summed E-state index contributed by atoms with van der Waals surface area (Å²) in [5, 5.41) is 3.01. The number of hydrogen-bond donors (Lipinski definition) is 1. The molecule has 2 fully saturated rings. The third kappa shape index (κ3) is 4.74. The van der Waals surface area contributed by atoms with Crippen LogP contribution in [0.4, 0.5) is 5.82 Å². The molecule has 2 saturated heterocycles. The van der Waals surface area contributed by atoms with Crippen molar-refractivity contribution in [1.29, 1.82) is 0 Å². The Morgan fingerprint density at radius 2 is 1.97 bits per heavy atom. The summed E-state index contributed by atoms with van der Waals surface area (Å²) in [6.45, 7) is 6.94. The second-order valence-corrected chi connectivity index (χ2v) is 7.93. The van der Waals surface area contributed by atoms with E-state index >= 15 is 0 Å². The number of rotatable bonds is 5. The van der Waals surface area contributed by atoms with E-state index in [9.17, 15) is 4.79 Å². The van der Waals surface area contributed by atoms with Crippen molar-refractivity contribution >= 4 is 11.7 Å². The van der Waals surface area contributed by atoms with E-state index in [0.717, 1.165) is 51.2 Å². The maximum absolute atomic E-state index is 12.9. The number of aromatic nitrogens is 2. The van der Waals surface area contributed by atoms with E-state index in [0.29, 0.717) is 23.8 Å². The molecule has 0 spiro atoms. The van der Waals surface area contributed by atoms with Crippen LogP contribution in [0.5, 0.6) is 0 Å². The van der Waals surface area contributed by atoms with Gasteiger partial charge in [0, 0.05) is 51.1 Å². The van der Waals surface area contributed by atoms with Crippen LogP contribution in [0.25, 0.3) is 11.4 Å². The molecule has 0 aliphatic carbocycles. The van der Waals surface area contributed by atoms with Crippen molar-refractivity contribution < 1.29 is 9.53 Å². The number of carbonyl (C=O) groups is 1. The number of benzene rings is 1. The molecule has 3 heterocycles. The zero-order valence-corrected chi connectivity index (χ0v) is 17.2. The first-order chi connectivity index (χ1) is 14.1. The zero-order valence-electron chi connectivity index (χ0n) is 17.2. The molecule has 0 saturated carbocycles. The smallest absolute Gasteiger partial charge is 0.256 e. The Hall–Kier alpha value is -2.51. The van der Waals surface area contributed by atoms with E-state index in [1.807, 2.05) is 12.1 Å². The van der Waals surface area contributed by atoms with Crippen molar-refractivity contribution in [2.75, 3.05) is 51.3 Å². The summed E-state index contributed by atoms with van der Waals surface area (Å²) in [5.74, 6) is 1.23. The highest BCUT2D eigenvalue weighted by atomic mass is 16.5. The van der Waals surface area contributed by atoms with Gasteiger partial charge in [0.25, 0.3) is 5.91 Å². The van der Waals surface area contributed by atoms with Gasteiger partial charge in [0.1, 0.15) is 11.4 Å². The molecule has 2 aliphatic heterocycles. The molecule has 7 heteroatoms. The van der Waals surface area contributed by atoms with E-state index in [1.165, 1.54) is 5.56 Å². The van der Waals surface area contributed by atoms with Gasteiger partial charge in [-0.25, -0.2) is 9.97 Å². The number of nitrogens with one attached hydrogen (secondary N) is 1. The van der Waals surface area contributed by atoms with Gasteiger partial charge in [-0.2, -0.15) is 0 Å². The van der Waals surface area contributed by atoms with Crippen molar-refractivity contribution in [1.82, 2.24) is 20.2 Å². The van der Waals surface area contributed by atoms with Crippen LogP contribution < -0.4 is 10.2 Å². The van der Waals surface area contributed by atoms with E-state index in [1.54, 1.807) is 6.20 Å². The first-order valence-corrected chi connectivity index (χ1v) is 10.4. The van der Waals surface area contributed by atoms with Crippen LogP contribution in [0.3, 0.4) is 0 Å². The van der Waals surface area contributed by atoms with Crippen molar-refractivity contribution in [3.05, 3.63) is 41.6 Å². The quantitative estimate of drug-likeness (QED) is 0.836. The molecule has 0 bridgehead atoms. The fourth-order valence-corrected chi connectivity index (χ4v) is 3.74. The van der Waals surface area contributed by atoms with Crippen molar-refractivity contribution in [2.24, 2.45) is 0 Å². The molecule has 0 radical (unpaired) electrons. The molecule has 2 aliphatic rings. The van der Waals surface area contributed by atoms with Crippen LogP contribution in [0.15, 0.2) is 30.5 Å². The fraction of sp³-hybridized carbons (Fsp3) is 0.500. The monoisotopic (exact) mass is 395 g/mol. The molecular formula is C22H29N5O2. The van der Waals surface area contributed by atoms with Gasteiger partial charge in [0.15, 0.2) is 5.82 Å². The molecule has 1 N–H and O–H groups in total. The summed E-state index contributed by atoms with van der Waals surface area (Å²) in [7, 11) is 2.12. The van der Waals surface area contributed by atoms with Gasteiger partial charge in [0.05, 0.1) is 6.10 Å². The molecule has 1 aromatic carbocycles. The lowest BCUT2D eigenvalue weighted by atomic mass is 10.1. The van der Waals surface area contributed by atoms with E-state index < -0.39 is 0 Å². The first kappa shape index (κ1) is 19.8. The molecule has 29 heavy (non-hydrogen) atoms. The zero-order chi connectivity index (χ0) is 20.2. The summed E-state index contributed by atoms with van der Waals surface area (Å²) in [6.07, 6.45) is 3.83. The molecular weight excluding hydrogens is 366 g/mol. The average Bonchev–Trinajstić information content (AvgIpc) is 3.26. The van der Waals surface area contributed by atoms with Crippen LogP contribution in [0, 0.1) is 6.92 Å². The van der Waals surface area contributed by atoms with Crippen LogP contribution in [-0.4, -0.2) is 73.3 Å². The molecule has 2 aromatic rings. The molecule has 4 rings (SSSR count). The van der Waals surface area contributed by atoms with Crippen molar-refractivity contribution in [2.45, 2.75) is 25.9 Å². The Bertz CT molecular complexity index is 841. The van der Waals surface area contributed by atoms with E-state index in [-0.39, 0.29) is 12.0 Å². The average molecular weight is 396 g/mol. The number of piperazine rings is 1. The minimum atomic E-state index is -0.134. The van der Waals surface area contributed by atoms with Gasteiger partial charge < -0.3 is 19.9 Å². The maximum Gasteiger partial charge on any atom is 0.256 e. The minimum absolute atomic E-state index is 0.110. The second-order valence-electron chi connectivity index (χ2n) is 7.93. The molecule has 0 unspecified atom stereocenters. The van der Waals surface area contributed by atoms with E-state index in [2.05, 4.69) is 46.2 Å². The van der Waals surface area contributed by atoms with Crippen molar-refractivity contribution in [3.63, 3.8) is 0 Å². The predicted molar refractivity (Wildman–Crippen MR) is 113 cm³/mol. The number of hydrogen-bond acceptors (Lipinski definition) is 6. The highest BCUT2D eigenvalue weighted by molar-refractivity contribution is 5.99. The van der Waals surface area contributed by atoms with Gasteiger partial charge in [-0.1, -0.05) is 29.8 Å². The lowest BCUT2D eigenvalue weighted by molar-refractivity contribution is 0.0857. The summed E-state index contributed by atoms with van der Waals surface area (Å²) in [5.41, 5.74) is 2.68. The predicted octanol–water partition coefficient (Wildman–Crippen LogP) is 2.11. The third-order valence-corrected chi connectivity index (χ3v) is 5.64. The van der Waals surface area contributed by atoms with Crippen LogP contribution in [0.1, 0.15) is 28.8 Å². The number of aryl methyl sites for hydroxylation is 1. The normalized spacial score (nSPS) is 20.1. The summed E-state index contributed by atoms with van der Waals surface area (Å²) < 4.78 is 5.62. The Labute approximate surface area is 172 Å². The van der Waals surface area contributed by atoms with E-state index in [4.69, 9.17) is 9.72 Å². The largest absolute Gasteiger partial charge is 0.376 e. The molecule has 7 nitrogen and oxygen atoms in total. The maximum atomic E-state index is 12.9. The topological polar surface area (TPSA) is 70.6 Å². The summed E-state index contributed by atoms with van der Waals surface area (Å²) >= 11 is 0. The summed E-state index contributed by atoms with van der Waals surface area (Å²) in [4.78, 5) is 26.8. The van der Waals surface area contributed by atoms with Gasteiger partial charge in [-0.15, -0.1) is 0 Å². The number of anilines is 1. The Kier molecular flexibility index (Phi) is 6.06. The molecule has 1 amide bonds. The van der Waals surface area contributed by atoms with Crippen LogP contribution >= 0.6 is 0 Å². The number of likely N-dealkylation sites (N-methyl/N-ethyl adjacent to an activating group) is 1. The van der Waals surface area contributed by atoms with Gasteiger partial charge in [-0.05, 0) is 26.8 Å². The SMILES string of the molecule is Cc1ccc(-c2ncc(C(=O)NC[C@H]3CCCO3)c(N3CCN(C)CC3)n2)cc1. The lowest BCUT2D eigenvalue weighted by Crippen LogP contribution is -2.45. The highest BCUT2D eigenvalue weighted by Crippen LogP contribution is 2.24. The summed E-state index contributed by atoms with van der Waals surface area (Å²) in [6, 6.07) is 8.15. The van der Waals surface area contributed by atoms with Gasteiger partial charge in [-0.3, -0.25) is 4.79 Å². The fourth-order valence-electron chi connectivity index (χ4n) is 3.74. The number of nitrogens with zero attached hydrogens (tertiary/aromatic N) is 4. The van der Waals surface area contributed by atoms with Crippen molar-refractivity contribution in [3.8, 4) is 11.4 Å². The highest BCUT2D eigenvalue weighted by Gasteiger charge is 2.24. The molecule has 1 atom stereocenters. The number of amides is 1.